The molecule has 0 bridgehead atoms. The topological polar surface area (TPSA) is 66.9 Å². The highest BCUT2D eigenvalue weighted by Gasteiger charge is 2.28. The summed E-state index contributed by atoms with van der Waals surface area (Å²) in [6, 6.07) is 4.69. The maximum Gasteiger partial charge on any atom is 0.255 e. The maximum atomic E-state index is 12.8. The van der Waals surface area contributed by atoms with Crippen LogP contribution in [0.5, 0.6) is 0 Å². The zero-order valence-electron chi connectivity index (χ0n) is 15.9. The molecule has 1 N–H and O–H groups in total. The lowest BCUT2D eigenvalue weighted by Gasteiger charge is -2.40. The highest BCUT2D eigenvalue weighted by Crippen LogP contribution is 2.20. The summed E-state index contributed by atoms with van der Waals surface area (Å²) in [5.74, 6) is 0.906. The minimum absolute atomic E-state index is 0.0930. The van der Waals surface area contributed by atoms with Gasteiger partial charge in [-0.2, -0.15) is 0 Å². The number of hydrogen-bond acceptors (Lipinski definition) is 6. The second-order valence-electron chi connectivity index (χ2n) is 7.66. The van der Waals surface area contributed by atoms with Gasteiger partial charge in [-0.3, -0.25) is 9.69 Å². The molecule has 0 saturated carbocycles. The molecule has 4 rings (SSSR count). The molecular weight excluding hydrogens is 344 g/mol. The third-order valence-electron chi connectivity index (χ3n) is 5.84. The van der Waals surface area contributed by atoms with Gasteiger partial charge >= 0.3 is 0 Å². The number of carbonyl (C=O) groups is 1. The molecular formula is C20H30N4O3. The first-order valence-corrected chi connectivity index (χ1v) is 10.2. The van der Waals surface area contributed by atoms with Crippen molar-refractivity contribution >= 4 is 11.7 Å². The number of aromatic nitrogens is 1. The van der Waals surface area contributed by atoms with Crippen LogP contribution in [0.4, 0.5) is 5.82 Å². The number of anilines is 1. The molecule has 0 aromatic carbocycles. The van der Waals surface area contributed by atoms with Gasteiger partial charge in [-0.05, 0) is 37.8 Å². The first-order valence-electron chi connectivity index (χ1n) is 10.2. The van der Waals surface area contributed by atoms with Gasteiger partial charge in [0.2, 0.25) is 0 Å². The summed E-state index contributed by atoms with van der Waals surface area (Å²) >= 11 is 0. The predicted molar refractivity (Wildman–Crippen MR) is 103 cm³/mol. The van der Waals surface area contributed by atoms with Crippen LogP contribution in [0.25, 0.3) is 0 Å². The number of morpholine rings is 1. The second-order valence-corrected chi connectivity index (χ2v) is 7.66. The summed E-state index contributed by atoms with van der Waals surface area (Å²) < 4.78 is 10.9. The lowest BCUT2D eigenvalue weighted by molar-refractivity contribution is 0.00158. The molecule has 1 aromatic rings. The monoisotopic (exact) mass is 374 g/mol. The van der Waals surface area contributed by atoms with Crippen LogP contribution >= 0.6 is 0 Å². The minimum Gasteiger partial charge on any atom is -0.379 e. The minimum atomic E-state index is 0.0930. The lowest BCUT2D eigenvalue weighted by Crippen LogP contribution is -2.50. The summed E-state index contributed by atoms with van der Waals surface area (Å²) in [5.41, 5.74) is 0.672. The molecule has 1 amide bonds. The largest absolute Gasteiger partial charge is 0.379 e. The first-order chi connectivity index (χ1) is 13.3. The fraction of sp³-hybridized carbons (Fsp3) is 0.700. The SMILES string of the molecule is O=C(c1ccc(N[C@H]2CCCOC2)nc1)N1CCC(N2CCOCC2)CC1. The van der Waals surface area contributed by atoms with Crippen molar-refractivity contribution in [3.63, 3.8) is 0 Å². The van der Waals surface area contributed by atoms with Crippen LogP contribution < -0.4 is 5.32 Å². The number of likely N-dealkylation sites (tertiary alicyclic amines) is 1. The molecule has 0 spiro atoms. The van der Waals surface area contributed by atoms with Gasteiger partial charge in [-0.1, -0.05) is 0 Å². The Morgan fingerprint density at radius 1 is 1.04 bits per heavy atom. The number of carbonyl (C=O) groups excluding carboxylic acids is 1. The molecule has 148 valence electrons. The van der Waals surface area contributed by atoms with Gasteiger partial charge in [-0.25, -0.2) is 4.98 Å². The maximum absolute atomic E-state index is 12.8. The van der Waals surface area contributed by atoms with E-state index in [9.17, 15) is 4.79 Å². The van der Waals surface area contributed by atoms with Crippen LogP contribution in [0.1, 0.15) is 36.0 Å². The van der Waals surface area contributed by atoms with Gasteiger partial charge in [0.15, 0.2) is 0 Å². The van der Waals surface area contributed by atoms with Crippen molar-refractivity contribution in [1.82, 2.24) is 14.8 Å². The van der Waals surface area contributed by atoms with Gasteiger partial charge in [0.05, 0.1) is 31.4 Å². The molecule has 1 atom stereocenters. The van der Waals surface area contributed by atoms with E-state index < -0.39 is 0 Å². The van der Waals surface area contributed by atoms with Gasteiger partial charge in [0, 0.05) is 45.0 Å². The number of hydrogen-bond donors (Lipinski definition) is 1. The molecule has 3 saturated heterocycles. The quantitative estimate of drug-likeness (QED) is 0.864. The molecule has 7 nitrogen and oxygen atoms in total. The Kier molecular flexibility index (Phi) is 6.21. The summed E-state index contributed by atoms with van der Waals surface area (Å²) in [4.78, 5) is 21.7. The zero-order valence-corrected chi connectivity index (χ0v) is 15.9. The van der Waals surface area contributed by atoms with Gasteiger partial charge in [0.1, 0.15) is 5.82 Å². The Labute approximate surface area is 161 Å². The van der Waals surface area contributed by atoms with E-state index in [2.05, 4.69) is 15.2 Å². The molecule has 1 aromatic heterocycles. The number of piperidine rings is 1. The van der Waals surface area contributed by atoms with Crippen molar-refractivity contribution < 1.29 is 14.3 Å². The van der Waals surface area contributed by atoms with E-state index in [0.29, 0.717) is 17.6 Å². The Morgan fingerprint density at radius 3 is 2.52 bits per heavy atom. The average Bonchev–Trinajstić information content (AvgIpc) is 2.75. The second kappa shape index (κ2) is 8.99. The van der Waals surface area contributed by atoms with E-state index in [1.807, 2.05) is 17.0 Å². The normalized spacial score (nSPS) is 25.3. The van der Waals surface area contributed by atoms with Gasteiger partial charge in [0.25, 0.3) is 5.91 Å². The molecule has 7 heteroatoms. The fourth-order valence-electron chi connectivity index (χ4n) is 4.23. The smallest absolute Gasteiger partial charge is 0.255 e. The number of nitrogens with zero attached hydrogens (tertiary/aromatic N) is 3. The molecule has 3 aliphatic heterocycles. The Balaban J connectivity index is 1.28. The fourth-order valence-corrected chi connectivity index (χ4v) is 4.23. The molecule has 27 heavy (non-hydrogen) atoms. The number of pyridine rings is 1. The van der Waals surface area contributed by atoms with Crippen molar-refractivity contribution in [2.45, 2.75) is 37.8 Å². The molecule has 0 unspecified atom stereocenters. The van der Waals surface area contributed by atoms with Crippen molar-refractivity contribution in [3.05, 3.63) is 23.9 Å². The van der Waals surface area contributed by atoms with E-state index in [-0.39, 0.29) is 5.91 Å². The number of ether oxygens (including phenoxy) is 2. The van der Waals surface area contributed by atoms with E-state index in [1.165, 1.54) is 0 Å². The van der Waals surface area contributed by atoms with E-state index in [4.69, 9.17) is 9.47 Å². The summed E-state index contributed by atoms with van der Waals surface area (Å²) in [6.07, 6.45) is 5.96. The lowest BCUT2D eigenvalue weighted by atomic mass is 10.0. The van der Waals surface area contributed by atoms with E-state index >= 15 is 0 Å². The van der Waals surface area contributed by atoms with Crippen molar-refractivity contribution in [2.75, 3.05) is 57.9 Å². The number of nitrogens with one attached hydrogen (secondary N) is 1. The van der Waals surface area contributed by atoms with Crippen LogP contribution in [0.15, 0.2) is 18.3 Å². The Bertz CT molecular complexity index is 604. The van der Waals surface area contributed by atoms with Crippen molar-refractivity contribution in [3.8, 4) is 0 Å². The summed E-state index contributed by atoms with van der Waals surface area (Å²) in [6.45, 7) is 6.91. The highest BCUT2D eigenvalue weighted by atomic mass is 16.5. The van der Waals surface area contributed by atoms with Crippen LogP contribution in [0, 0.1) is 0 Å². The predicted octanol–water partition coefficient (Wildman–Crippen LogP) is 1.61. The van der Waals surface area contributed by atoms with Crippen LogP contribution in [0.3, 0.4) is 0 Å². The number of rotatable bonds is 4. The standard InChI is InChI=1S/C20H30N4O3/c25-20(24-7-5-18(6-8-24)23-9-12-26-13-10-23)16-3-4-19(21-14-16)22-17-2-1-11-27-15-17/h3-4,14,17-18H,1-2,5-13,15H2,(H,21,22)/t17-/m0/s1. The summed E-state index contributed by atoms with van der Waals surface area (Å²) in [5, 5.41) is 3.39. The van der Waals surface area contributed by atoms with Gasteiger partial charge < -0.3 is 19.7 Å². The highest BCUT2D eigenvalue weighted by molar-refractivity contribution is 5.94. The Morgan fingerprint density at radius 2 is 1.85 bits per heavy atom. The van der Waals surface area contributed by atoms with Crippen LogP contribution in [0.2, 0.25) is 0 Å². The summed E-state index contributed by atoms with van der Waals surface area (Å²) in [7, 11) is 0. The van der Waals surface area contributed by atoms with E-state index in [1.54, 1.807) is 6.20 Å². The number of amides is 1. The molecule has 4 heterocycles. The van der Waals surface area contributed by atoms with Crippen LogP contribution in [-0.4, -0.2) is 85.4 Å². The van der Waals surface area contributed by atoms with Crippen molar-refractivity contribution in [2.24, 2.45) is 0 Å². The third-order valence-corrected chi connectivity index (χ3v) is 5.84. The average molecular weight is 374 g/mol. The van der Waals surface area contributed by atoms with E-state index in [0.717, 1.165) is 84.1 Å². The molecule has 3 aliphatic rings. The van der Waals surface area contributed by atoms with Crippen LogP contribution in [-0.2, 0) is 9.47 Å². The third kappa shape index (κ3) is 4.78. The Hall–Kier alpha value is -1.70. The van der Waals surface area contributed by atoms with Crippen molar-refractivity contribution in [1.29, 1.82) is 0 Å². The first kappa shape index (κ1) is 18.7. The molecule has 3 fully saturated rings. The molecule has 0 radical (unpaired) electrons. The zero-order chi connectivity index (χ0) is 18.5. The van der Waals surface area contributed by atoms with Gasteiger partial charge in [-0.15, -0.1) is 0 Å². The molecule has 0 aliphatic carbocycles.